The van der Waals surface area contributed by atoms with Crippen molar-refractivity contribution in [1.82, 2.24) is 16.0 Å². The summed E-state index contributed by atoms with van der Waals surface area (Å²) in [5.41, 5.74) is 0.529. The van der Waals surface area contributed by atoms with Gasteiger partial charge in [0, 0.05) is 32.7 Å². The third-order valence-corrected chi connectivity index (χ3v) is 5.09. The van der Waals surface area contributed by atoms with Gasteiger partial charge in [0.15, 0.2) is 5.96 Å². The lowest BCUT2D eigenvalue weighted by molar-refractivity contribution is -0.128. The second-order valence-corrected chi connectivity index (χ2v) is 7.95. The van der Waals surface area contributed by atoms with Crippen molar-refractivity contribution in [2.45, 2.75) is 39.7 Å². The summed E-state index contributed by atoms with van der Waals surface area (Å²) in [5, 5.41) is 10.3. The zero-order valence-corrected chi connectivity index (χ0v) is 17.6. The van der Waals surface area contributed by atoms with Crippen molar-refractivity contribution in [3.63, 3.8) is 0 Å². The fourth-order valence-electron chi connectivity index (χ4n) is 3.22. The summed E-state index contributed by atoms with van der Waals surface area (Å²) in [4.78, 5) is 19.0. The SMILES string of the molecule is CCNC(=NCC(C)(C)C(=O)NC)NC1CCCN(c2ccccc2Cl)C1. The first-order chi connectivity index (χ1) is 12.9. The van der Waals surface area contributed by atoms with Crippen molar-refractivity contribution in [3.05, 3.63) is 29.3 Å². The molecule has 1 aromatic carbocycles. The van der Waals surface area contributed by atoms with Gasteiger partial charge in [-0.05, 0) is 45.7 Å². The van der Waals surface area contributed by atoms with Crippen LogP contribution in [0.25, 0.3) is 0 Å². The van der Waals surface area contributed by atoms with Crippen molar-refractivity contribution in [2.24, 2.45) is 10.4 Å². The smallest absolute Gasteiger partial charge is 0.227 e. The normalized spacial score (nSPS) is 18.2. The van der Waals surface area contributed by atoms with Gasteiger partial charge in [-0.2, -0.15) is 0 Å². The van der Waals surface area contributed by atoms with E-state index in [-0.39, 0.29) is 11.9 Å². The van der Waals surface area contributed by atoms with Crippen LogP contribution in [0.15, 0.2) is 29.3 Å². The van der Waals surface area contributed by atoms with E-state index < -0.39 is 5.41 Å². The summed E-state index contributed by atoms with van der Waals surface area (Å²) in [6.07, 6.45) is 2.16. The van der Waals surface area contributed by atoms with Crippen LogP contribution in [0.5, 0.6) is 0 Å². The molecule has 0 aromatic heterocycles. The number of carbonyl (C=O) groups is 1. The third-order valence-electron chi connectivity index (χ3n) is 4.77. The molecule has 1 heterocycles. The predicted octanol–water partition coefficient (Wildman–Crippen LogP) is 2.64. The van der Waals surface area contributed by atoms with E-state index in [4.69, 9.17) is 11.6 Å². The number of aliphatic imine (C=N–C) groups is 1. The molecular weight excluding hydrogens is 362 g/mol. The Morgan fingerprint density at radius 3 is 2.78 bits per heavy atom. The first kappa shape index (κ1) is 21.4. The number of hydrogen-bond acceptors (Lipinski definition) is 3. The molecule has 7 heteroatoms. The van der Waals surface area contributed by atoms with E-state index in [2.05, 4.69) is 31.9 Å². The standard InChI is InChI=1S/C20H32ClN5O/c1-5-23-19(24-14-20(2,3)18(27)22-4)25-15-9-8-12-26(13-15)17-11-7-6-10-16(17)21/h6-7,10-11,15H,5,8-9,12-14H2,1-4H3,(H,22,27)(H2,23,24,25). The second-order valence-electron chi connectivity index (χ2n) is 7.54. The number of rotatable bonds is 6. The minimum Gasteiger partial charge on any atom is -0.368 e. The van der Waals surface area contributed by atoms with Crippen LogP contribution in [0.2, 0.25) is 5.02 Å². The lowest BCUT2D eigenvalue weighted by atomic mass is 9.93. The van der Waals surface area contributed by atoms with Gasteiger partial charge >= 0.3 is 0 Å². The Hall–Kier alpha value is -1.95. The molecule has 2 rings (SSSR count). The Morgan fingerprint density at radius 2 is 2.11 bits per heavy atom. The van der Waals surface area contributed by atoms with E-state index >= 15 is 0 Å². The zero-order valence-electron chi connectivity index (χ0n) is 16.8. The minimum absolute atomic E-state index is 0.00957. The fraction of sp³-hybridized carbons (Fsp3) is 0.600. The second kappa shape index (κ2) is 9.83. The molecule has 0 bridgehead atoms. The lowest BCUT2D eigenvalue weighted by Crippen LogP contribution is -2.51. The molecule has 1 aromatic rings. The van der Waals surface area contributed by atoms with Crippen molar-refractivity contribution in [1.29, 1.82) is 0 Å². The number of halogens is 1. The maximum atomic E-state index is 12.0. The fourth-order valence-corrected chi connectivity index (χ4v) is 3.48. The van der Waals surface area contributed by atoms with Crippen molar-refractivity contribution < 1.29 is 4.79 Å². The quantitative estimate of drug-likeness (QED) is 0.513. The number of carbonyl (C=O) groups excluding carboxylic acids is 1. The molecule has 1 unspecified atom stereocenters. The Balaban J connectivity index is 2.04. The summed E-state index contributed by atoms with van der Waals surface area (Å²) in [6.45, 7) is 8.90. The number of guanidine groups is 1. The van der Waals surface area contributed by atoms with Gasteiger partial charge < -0.3 is 20.9 Å². The van der Waals surface area contributed by atoms with Crippen molar-refractivity contribution >= 4 is 29.2 Å². The Kier molecular flexibility index (Phi) is 7.78. The third kappa shape index (κ3) is 6.03. The molecule has 150 valence electrons. The molecule has 6 nitrogen and oxygen atoms in total. The zero-order chi connectivity index (χ0) is 19.9. The van der Waals surface area contributed by atoms with E-state index in [9.17, 15) is 4.79 Å². The lowest BCUT2D eigenvalue weighted by Gasteiger charge is -2.36. The molecule has 1 atom stereocenters. The van der Waals surface area contributed by atoms with E-state index in [1.807, 2.05) is 39.0 Å². The van der Waals surface area contributed by atoms with Crippen LogP contribution in [-0.4, -0.2) is 51.1 Å². The molecule has 3 N–H and O–H groups in total. The number of amides is 1. The number of hydrogen-bond donors (Lipinski definition) is 3. The summed E-state index contributed by atoms with van der Waals surface area (Å²) in [7, 11) is 1.66. The van der Waals surface area contributed by atoms with Crippen molar-refractivity contribution in [2.75, 3.05) is 38.1 Å². The molecule has 1 amide bonds. The average molecular weight is 394 g/mol. The topological polar surface area (TPSA) is 68.8 Å². The maximum absolute atomic E-state index is 12.0. The van der Waals surface area contributed by atoms with Crippen LogP contribution >= 0.6 is 11.6 Å². The molecule has 1 fully saturated rings. The Bertz CT molecular complexity index is 662. The minimum atomic E-state index is -0.548. The van der Waals surface area contributed by atoms with Crippen LogP contribution in [0.4, 0.5) is 5.69 Å². The molecule has 1 aliphatic rings. The van der Waals surface area contributed by atoms with Gasteiger partial charge in [-0.3, -0.25) is 9.79 Å². The molecule has 0 spiro atoms. The summed E-state index contributed by atoms with van der Waals surface area (Å²) >= 11 is 6.37. The van der Waals surface area contributed by atoms with Crippen LogP contribution in [0, 0.1) is 5.41 Å². The number of para-hydroxylation sites is 1. The molecule has 0 aliphatic carbocycles. The first-order valence-corrected chi connectivity index (χ1v) is 10.0. The van der Waals surface area contributed by atoms with Crippen LogP contribution in [-0.2, 0) is 4.79 Å². The van der Waals surface area contributed by atoms with Gasteiger partial charge in [-0.1, -0.05) is 23.7 Å². The van der Waals surface area contributed by atoms with E-state index in [1.54, 1.807) is 7.05 Å². The average Bonchev–Trinajstić information content (AvgIpc) is 2.66. The Labute approximate surface area is 167 Å². The summed E-state index contributed by atoms with van der Waals surface area (Å²) in [6, 6.07) is 8.24. The molecule has 1 saturated heterocycles. The van der Waals surface area contributed by atoms with E-state index in [0.717, 1.165) is 49.1 Å². The van der Waals surface area contributed by atoms with Crippen LogP contribution < -0.4 is 20.9 Å². The van der Waals surface area contributed by atoms with Gasteiger partial charge in [0.05, 0.1) is 22.7 Å². The highest BCUT2D eigenvalue weighted by Crippen LogP contribution is 2.27. The number of piperidine rings is 1. The molecule has 0 saturated carbocycles. The van der Waals surface area contributed by atoms with Crippen LogP contribution in [0.3, 0.4) is 0 Å². The highest BCUT2D eigenvalue weighted by atomic mass is 35.5. The number of nitrogens with zero attached hydrogens (tertiary/aromatic N) is 2. The highest BCUT2D eigenvalue weighted by Gasteiger charge is 2.27. The maximum Gasteiger partial charge on any atom is 0.227 e. The molecule has 1 aliphatic heterocycles. The molecule has 27 heavy (non-hydrogen) atoms. The number of nitrogens with one attached hydrogen (secondary N) is 3. The number of benzene rings is 1. The summed E-state index contributed by atoms with van der Waals surface area (Å²) < 4.78 is 0. The summed E-state index contributed by atoms with van der Waals surface area (Å²) in [5.74, 6) is 0.741. The van der Waals surface area contributed by atoms with Gasteiger partial charge in [-0.25, -0.2) is 0 Å². The van der Waals surface area contributed by atoms with Crippen molar-refractivity contribution in [3.8, 4) is 0 Å². The molecule has 0 radical (unpaired) electrons. The van der Waals surface area contributed by atoms with E-state index in [1.165, 1.54) is 0 Å². The van der Waals surface area contributed by atoms with Crippen LogP contribution in [0.1, 0.15) is 33.6 Å². The largest absolute Gasteiger partial charge is 0.368 e. The monoisotopic (exact) mass is 393 g/mol. The highest BCUT2D eigenvalue weighted by molar-refractivity contribution is 6.33. The predicted molar refractivity (Wildman–Crippen MR) is 114 cm³/mol. The van der Waals surface area contributed by atoms with E-state index in [0.29, 0.717) is 6.54 Å². The van der Waals surface area contributed by atoms with Gasteiger partial charge in [0.2, 0.25) is 5.91 Å². The van der Waals surface area contributed by atoms with Gasteiger partial charge in [0.25, 0.3) is 0 Å². The Morgan fingerprint density at radius 1 is 1.37 bits per heavy atom. The molecular formula is C20H32ClN5O. The number of anilines is 1. The first-order valence-electron chi connectivity index (χ1n) is 9.64. The van der Waals surface area contributed by atoms with Gasteiger partial charge in [0.1, 0.15) is 0 Å². The van der Waals surface area contributed by atoms with Gasteiger partial charge in [-0.15, -0.1) is 0 Å².